The van der Waals surface area contributed by atoms with Crippen LogP contribution in [-0.4, -0.2) is 55.5 Å². The summed E-state index contributed by atoms with van der Waals surface area (Å²) in [7, 11) is 1.95. The lowest BCUT2D eigenvalue weighted by Crippen LogP contribution is -2.49. The van der Waals surface area contributed by atoms with E-state index in [-0.39, 0.29) is 5.91 Å². The molecule has 1 amide bonds. The summed E-state index contributed by atoms with van der Waals surface area (Å²) >= 11 is 0. The minimum Gasteiger partial charge on any atom is -0.344 e. The number of likely N-dealkylation sites (N-methyl/N-ethyl adjacent to an activating group) is 1. The standard InChI is InChI=1S/C19H29N3O/c1-3-15-6-8-17(9-7-15)18-12-20-10-11-22(18)14-19(23)21(2)13-16-4-5-16/h6-9,16,18,20H,3-5,10-14H2,1-2H3. The lowest BCUT2D eigenvalue weighted by molar-refractivity contribution is -0.132. The Labute approximate surface area is 139 Å². The molecule has 1 aromatic rings. The molecule has 1 unspecified atom stereocenters. The number of carbonyl (C=O) groups is 1. The van der Waals surface area contributed by atoms with Crippen molar-refractivity contribution in [2.24, 2.45) is 5.92 Å². The highest BCUT2D eigenvalue weighted by molar-refractivity contribution is 5.78. The van der Waals surface area contributed by atoms with Crippen molar-refractivity contribution in [1.29, 1.82) is 0 Å². The molecule has 0 radical (unpaired) electrons. The number of piperazine rings is 1. The maximum absolute atomic E-state index is 12.5. The fourth-order valence-corrected chi connectivity index (χ4v) is 3.32. The summed E-state index contributed by atoms with van der Waals surface area (Å²) in [6.07, 6.45) is 3.65. The third kappa shape index (κ3) is 4.33. The van der Waals surface area contributed by atoms with Crippen molar-refractivity contribution >= 4 is 5.91 Å². The maximum Gasteiger partial charge on any atom is 0.236 e. The fraction of sp³-hybridized carbons (Fsp3) is 0.632. The number of carbonyl (C=O) groups excluding carboxylic acids is 1. The molecule has 0 aromatic heterocycles. The Morgan fingerprint density at radius 1 is 1.30 bits per heavy atom. The van der Waals surface area contributed by atoms with Crippen LogP contribution in [0.5, 0.6) is 0 Å². The van der Waals surface area contributed by atoms with E-state index in [9.17, 15) is 4.79 Å². The lowest BCUT2D eigenvalue weighted by Gasteiger charge is -2.37. The monoisotopic (exact) mass is 315 g/mol. The number of nitrogens with zero attached hydrogens (tertiary/aromatic N) is 2. The normalized spacial score (nSPS) is 22.1. The summed E-state index contributed by atoms with van der Waals surface area (Å²) in [6, 6.07) is 9.17. The van der Waals surface area contributed by atoms with Crippen LogP contribution in [0.4, 0.5) is 0 Å². The molecule has 23 heavy (non-hydrogen) atoms. The van der Waals surface area contributed by atoms with Crippen molar-refractivity contribution in [1.82, 2.24) is 15.1 Å². The van der Waals surface area contributed by atoms with Gasteiger partial charge in [-0.3, -0.25) is 9.69 Å². The second-order valence-electron chi connectivity index (χ2n) is 7.00. The van der Waals surface area contributed by atoms with E-state index in [0.717, 1.165) is 38.5 Å². The van der Waals surface area contributed by atoms with Crippen LogP contribution in [0.3, 0.4) is 0 Å². The number of hydrogen-bond donors (Lipinski definition) is 1. The Morgan fingerprint density at radius 3 is 2.70 bits per heavy atom. The van der Waals surface area contributed by atoms with Crippen molar-refractivity contribution in [3.8, 4) is 0 Å². The molecule has 1 saturated heterocycles. The van der Waals surface area contributed by atoms with E-state index in [1.807, 2.05) is 11.9 Å². The van der Waals surface area contributed by atoms with E-state index < -0.39 is 0 Å². The molecule has 4 heteroatoms. The minimum absolute atomic E-state index is 0.258. The zero-order valence-electron chi connectivity index (χ0n) is 14.4. The number of aryl methyl sites for hydroxylation is 1. The highest BCUT2D eigenvalue weighted by Crippen LogP contribution is 2.29. The van der Waals surface area contributed by atoms with Gasteiger partial charge in [-0.1, -0.05) is 31.2 Å². The molecule has 1 N–H and O–H groups in total. The summed E-state index contributed by atoms with van der Waals surface area (Å²) in [5.74, 6) is 1.01. The van der Waals surface area contributed by atoms with Gasteiger partial charge < -0.3 is 10.2 Å². The summed E-state index contributed by atoms with van der Waals surface area (Å²) in [4.78, 5) is 16.8. The van der Waals surface area contributed by atoms with Crippen LogP contribution >= 0.6 is 0 Å². The minimum atomic E-state index is 0.258. The van der Waals surface area contributed by atoms with Crippen molar-refractivity contribution in [2.45, 2.75) is 32.2 Å². The van der Waals surface area contributed by atoms with Gasteiger partial charge in [0, 0.05) is 39.3 Å². The van der Waals surface area contributed by atoms with E-state index in [4.69, 9.17) is 0 Å². The highest BCUT2D eigenvalue weighted by atomic mass is 16.2. The molecule has 3 rings (SSSR count). The van der Waals surface area contributed by atoms with Gasteiger partial charge in [0.2, 0.25) is 5.91 Å². The molecule has 1 atom stereocenters. The second-order valence-corrected chi connectivity index (χ2v) is 7.00. The average molecular weight is 315 g/mol. The quantitative estimate of drug-likeness (QED) is 0.873. The Balaban J connectivity index is 1.63. The van der Waals surface area contributed by atoms with Crippen LogP contribution in [0.15, 0.2) is 24.3 Å². The number of rotatable bonds is 6. The smallest absolute Gasteiger partial charge is 0.236 e. The Morgan fingerprint density at radius 2 is 2.04 bits per heavy atom. The molecule has 4 nitrogen and oxygen atoms in total. The predicted octanol–water partition coefficient (Wildman–Crippen LogP) is 2.06. The third-order valence-electron chi connectivity index (χ3n) is 5.12. The van der Waals surface area contributed by atoms with Gasteiger partial charge >= 0.3 is 0 Å². The van der Waals surface area contributed by atoms with Crippen LogP contribution in [0, 0.1) is 5.92 Å². The van der Waals surface area contributed by atoms with Gasteiger partial charge in [0.1, 0.15) is 0 Å². The number of benzene rings is 1. The molecule has 0 bridgehead atoms. The molecular formula is C19H29N3O. The zero-order valence-corrected chi connectivity index (χ0v) is 14.4. The third-order valence-corrected chi connectivity index (χ3v) is 5.12. The average Bonchev–Trinajstić information content (AvgIpc) is 3.39. The van der Waals surface area contributed by atoms with Crippen molar-refractivity contribution in [2.75, 3.05) is 39.8 Å². The van der Waals surface area contributed by atoms with Gasteiger partial charge in [0.25, 0.3) is 0 Å². The number of nitrogens with one attached hydrogen (secondary N) is 1. The molecule has 2 aliphatic rings. The van der Waals surface area contributed by atoms with Gasteiger partial charge in [-0.15, -0.1) is 0 Å². The second kappa shape index (κ2) is 7.45. The molecule has 126 valence electrons. The van der Waals surface area contributed by atoms with Crippen LogP contribution in [-0.2, 0) is 11.2 Å². The molecule has 1 aliphatic heterocycles. The molecule has 1 heterocycles. The molecule has 1 saturated carbocycles. The zero-order chi connectivity index (χ0) is 16.2. The SMILES string of the molecule is CCc1ccc(C2CNCCN2CC(=O)N(C)CC2CC2)cc1. The van der Waals surface area contributed by atoms with E-state index in [1.54, 1.807) is 0 Å². The molecule has 1 aliphatic carbocycles. The van der Waals surface area contributed by atoms with Crippen LogP contribution in [0.25, 0.3) is 0 Å². The van der Waals surface area contributed by atoms with E-state index in [1.165, 1.54) is 24.0 Å². The summed E-state index contributed by atoms with van der Waals surface area (Å²) in [5, 5.41) is 3.47. The van der Waals surface area contributed by atoms with Gasteiger partial charge in [0.05, 0.1) is 6.54 Å². The van der Waals surface area contributed by atoms with Gasteiger partial charge in [-0.2, -0.15) is 0 Å². The first kappa shape index (κ1) is 16.5. The molecule has 1 aromatic carbocycles. The summed E-state index contributed by atoms with van der Waals surface area (Å²) in [6.45, 7) is 6.46. The predicted molar refractivity (Wildman–Crippen MR) is 93.4 cm³/mol. The van der Waals surface area contributed by atoms with Crippen molar-refractivity contribution in [3.63, 3.8) is 0 Å². The van der Waals surface area contributed by atoms with Crippen LogP contribution in [0.1, 0.15) is 36.9 Å². The Bertz CT molecular complexity index is 524. The largest absolute Gasteiger partial charge is 0.344 e. The first-order valence-electron chi connectivity index (χ1n) is 8.95. The Hall–Kier alpha value is -1.39. The first-order valence-corrected chi connectivity index (χ1v) is 8.95. The van der Waals surface area contributed by atoms with Gasteiger partial charge in [0.15, 0.2) is 0 Å². The van der Waals surface area contributed by atoms with Gasteiger partial charge in [-0.05, 0) is 36.3 Å². The van der Waals surface area contributed by atoms with Gasteiger partial charge in [-0.25, -0.2) is 0 Å². The van der Waals surface area contributed by atoms with Crippen LogP contribution < -0.4 is 5.32 Å². The van der Waals surface area contributed by atoms with E-state index in [0.29, 0.717) is 12.6 Å². The first-order chi connectivity index (χ1) is 11.2. The Kier molecular flexibility index (Phi) is 5.34. The highest BCUT2D eigenvalue weighted by Gasteiger charge is 2.29. The molecule has 2 fully saturated rings. The summed E-state index contributed by atoms with van der Waals surface area (Å²) < 4.78 is 0. The fourth-order valence-electron chi connectivity index (χ4n) is 3.32. The maximum atomic E-state index is 12.5. The van der Waals surface area contributed by atoms with Crippen LogP contribution in [0.2, 0.25) is 0 Å². The van der Waals surface area contributed by atoms with Crippen molar-refractivity contribution in [3.05, 3.63) is 35.4 Å². The lowest BCUT2D eigenvalue weighted by atomic mass is 10.0. The van der Waals surface area contributed by atoms with Crippen molar-refractivity contribution < 1.29 is 4.79 Å². The number of hydrogen-bond acceptors (Lipinski definition) is 3. The molecule has 0 spiro atoms. The number of amides is 1. The molecular weight excluding hydrogens is 286 g/mol. The van der Waals surface area contributed by atoms with E-state index in [2.05, 4.69) is 41.4 Å². The summed E-state index contributed by atoms with van der Waals surface area (Å²) in [5.41, 5.74) is 2.68. The topological polar surface area (TPSA) is 35.6 Å². The van der Waals surface area contributed by atoms with E-state index >= 15 is 0 Å².